The van der Waals surface area contributed by atoms with Gasteiger partial charge in [0, 0.05) is 5.87 Å². The van der Waals surface area contributed by atoms with Crippen molar-refractivity contribution in [1.82, 2.24) is 5.43 Å². The van der Waals surface area contributed by atoms with Gasteiger partial charge in [-0.05, 0) is 13.5 Å². The molecule has 0 saturated carbocycles. The smallest absolute Gasteiger partial charge is 0.150 e. The number of carbonyl (C=O) groups excluding carboxylic acids is 1. The van der Waals surface area contributed by atoms with Crippen molar-refractivity contribution in [3.05, 3.63) is 6.58 Å². The molecule has 3 heteroatoms. The molecule has 0 rings (SSSR count). The Morgan fingerprint density at radius 2 is 2.62 bits per heavy atom. The number of nitrogens with zero attached hydrogens (tertiary/aromatic N) is 1. The summed E-state index contributed by atoms with van der Waals surface area (Å²) in [5.41, 5.74) is 2.44. The molecule has 0 spiro atoms. The SMILES string of the molecule is C=C=NNCC(C)=O. The lowest BCUT2D eigenvalue weighted by atomic mass is 10.5. The molecule has 0 saturated heterocycles. The van der Waals surface area contributed by atoms with Crippen LogP contribution in [0.5, 0.6) is 0 Å². The number of Topliss-reactive ketones (excluding diaryl/α,β-unsaturated/α-hetero) is 1. The van der Waals surface area contributed by atoms with Crippen molar-refractivity contribution in [3.63, 3.8) is 0 Å². The van der Waals surface area contributed by atoms with E-state index < -0.39 is 0 Å². The normalized spacial score (nSPS) is 7.12. The van der Waals surface area contributed by atoms with Crippen LogP contribution in [-0.2, 0) is 4.79 Å². The zero-order valence-electron chi connectivity index (χ0n) is 4.77. The minimum atomic E-state index is 0.0454. The molecule has 0 fully saturated rings. The zero-order chi connectivity index (χ0) is 6.41. The first-order valence-electron chi connectivity index (χ1n) is 2.21. The van der Waals surface area contributed by atoms with Crippen LogP contribution in [0.3, 0.4) is 0 Å². The van der Waals surface area contributed by atoms with E-state index in [2.05, 4.69) is 23.0 Å². The standard InChI is InChI=1S/C5H8N2O/c1-3-6-7-4-5(2)8/h7H,1,4H2,2H3. The van der Waals surface area contributed by atoms with Crippen LogP contribution in [0.1, 0.15) is 6.92 Å². The average molecular weight is 112 g/mol. The molecule has 0 radical (unpaired) electrons. The van der Waals surface area contributed by atoms with Gasteiger partial charge in [-0.15, -0.1) is 5.10 Å². The lowest BCUT2D eigenvalue weighted by Crippen LogP contribution is -2.14. The number of nitrogens with one attached hydrogen (secondary N) is 1. The fourth-order valence-corrected chi connectivity index (χ4v) is 0.207. The molecule has 8 heavy (non-hydrogen) atoms. The Hall–Kier alpha value is -1.08. The maximum absolute atomic E-state index is 10.1. The summed E-state index contributed by atoms with van der Waals surface area (Å²) in [7, 11) is 0. The minimum Gasteiger partial charge on any atom is -0.298 e. The molecule has 3 nitrogen and oxygen atoms in total. The van der Waals surface area contributed by atoms with Gasteiger partial charge in [-0.2, -0.15) is 0 Å². The molecule has 0 bridgehead atoms. The van der Waals surface area contributed by atoms with Crippen LogP contribution in [0.2, 0.25) is 0 Å². The Balaban J connectivity index is 3.18. The Kier molecular flexibility index (Phi) is 3.54. The van der Waals surface area contributed by atoms with E-state index >= 15 is 0 Å². The number of rotatable bonds is 3. The summed E-state index contributed by atoms with van der Waals surface area (Å²) >= 11 is 0. The van der Waals surface area contributed by atoms with Gasteiger partial charge in [0.05, 0.1) is 6.54 Å². The van der Waals surface area contributed by atoms with E-state index in [0.29, 0.717) is 0 Å². The third-order valence-electron chi connectivity index (χ3n) is 0.486. The first-order chi connectivity index (χ1) is 3.77. The molecule has 0 unspecified atom stereocenters. The minimum absolute atomic E-state index is 0.0454. The molecule has 0 aromatic heterocycles. The third kappa shape index (κ3) is 4.92. The molecule has 0 atom stereocenters. The highest BCUT2D eigenvalue weighted by molar-refractivity contribution is 5.77. The topological polar surface area (TPSA) is 41.5 Å². The second kappa shape index (κ2) is 4.09. The van der Waals surface area contributed by atoms with E-state index in [-0.39, 0.29) is 12.3 Å². The van der Waals surface area contributed by atoms with Gasteiger partial charge in [-0.3, -0.25) is 10.2 Å². The quantitative estimate of drug-likeness (QED) is 0.410. The van der Waals surface area contributed by atoms with Gasteiger partial charge in [-0.25, -0.2) is 0 Å². The molecule has 0 aliphatic heterocycles. The Morgan fingerprint density at radius 3 is 3.00 bits per heavy atom. The summed E-state index contributed by atoms with van der Waals surface area (Å²) in [6.45, 7) is 4.92. The first kappa shape index (κ1) is 6.92. The first-order valence-corrected chi connectivity index (χ1v) is 2.21. The van der Waals surface area contributed by atoms with E-state index in [9.17, 15) is 4.79 Å². The molecular formula is C5H8N2O. The van der Waals surface area contributed by atoms with E-state index in [1.807, 2.05) is 0 Å². The molecule has 1 N–H and O–H groups in total. The monoisotopic (exact) mass is 112 g/mol. The summed E-state index contributed by atoms with van der Waals surface area (Å²) < 4.78 is 0. The Bertz CT molecular complexity index is 122. The highest BCUT2D eigenvalue weighted by Crippen LogP contribution is 1.61. The predicted octanol–water partition coefficient (Wildman–Crippen LogP) is -0.0643. The van der Waals surface area contributed by atoms with Crippen LogP contribution >= 0.6 is 0 Å². The number of hydrazone groups is 1. The average Bonchev–Trinajstić information content (AvgIpc) is 1.66. The summed E-state index contributed by atoms with van der Waals surface area (Å²) in [5, 5.41) is 3.38. The van der Waals surface area contributed by atoms with Crippen LogP contribution in [0, 0.1) is 0 Å². The van der Waals surface area contributed by atoms with Crippen LogP contribution in [0.25, 0.3) is 0 Å². The van der Waals surface area contributed by atoms with Gasteiger partial charge >= 0.3 is 0 Å². The van der Waals surface area contributed by atoms with Crippen molar-refractivity contribution in [3.8, 4) is 0 Å². The molecule has 0 aromatic rings. The highest BCUT2D eigenvalue weighted by Gasteiger charge is 1.84. The zero-order valence-corrected chi connectivity index (χ0v) is 4.77. The highest BCUT2D eigenvalue weighted by atomic mass is 16.1. The van der Waals surface area contributed by atoms with Crippen LogP contribution in [0.15, 0.2) is 11.7 Å². The van der Waals surface area contributed by atoms with Crippen molar-refractivity contribution < 1.29 is 4.79 Å². The number of carbonyl (C=O) groups is 1. The number of hydrogen-bond donors (Lipinski definition) is 1. The van der Waals surface area contributed by atoms with E-state index in [1.54, 1.807) is 0 Å². The maximum atomic E-state index is 10.1. The van der Waals surface area contributed by atoms with E-state index in [1.165, 1.54) is 6.92 Å². The molecule has 0 aromatic carbocycles. The molecule has 0 aliphatic carbocycles. The Labute approximate surface area is 48.1 Å². The van der Waals surface area contributed by atoms with E-state index in [4.69, 9.17) is 0 Å². The van der Waals surface area contributed by atoms with Crippen molar-refractivity contribution in [2.24, 2.45) is 5.10 Å². The second-order valence-electron chi connectivity index (χ2n) is 1.31. The summed E-state index contributed by atoms with van der Waals surface area (Å²) in [4.78, 5) is 10.1. The molecule has 0 aliphatic rings. The summed E-state index contributed by atoms with van der Waals surface area (Å²) in [5.74, 6) is 2.28. The summed E-state index contributed by atoms with van der Waals surface area (Å²) in [6.07, 6.45) is 0. The van der Waals surface area contributed by atoms with E-state index in [0.717, 1.165) is 0 Å². The molecule has 0 heterocycles. The summed E-state index contributed by atoms with van der Waals surface area (Å²) in [6, 6.07) is 0. The number of hydrogen-bond acceptors (Lipinski definition) is 3. The third-order valence-corrected chi connectivity index (χ3v) is 0.486. The van der Waals surface area contributed by atoms with Gasteiger partial charge in [0.25, 0.3) is 0 Å². The molecular weight excluding hydrogens is 104 g/mol. The van der Waals surface area contributed by atoms with Crippen LogP contribution in [0.4, 0.5) is 0 Å². The lowest BCUT2D eigenvalue weighted by Gasteiger charge is -1.88. The van der Waals surface area contributed by atoms with Crippen molar-refractivity contribution in [2.75, 3.05) is 6.54 Å². The number of ketones is 1. The fourth-order valence-electron chi connectivity index (χ4n) is 0.207. The van der Waals surface area contributed by atoms with Crippen molar-refractivity contribution in [2.45, 2.75) is 6.92 Å². The van der Waals surface area contributed by atoms with Gasteiger partial charge in [-0.1, -0.05) is 0 Å². The van der Waals surface area contributed by atoms with Gasteiger partial charge < -0.3 is 0 Å². The van der Waals surface area contributed by atoms with Crippen molar-refractivity contribution >= 4 is 11.7 Å². The maximum Gasteiger partial charge on any atom is 0.150 e. The second-order valence-corrected chi connectivity index (χ2v) is 1.31. The predicted molar refractivity (Wildman–Crippen MR) is 31.7 cm³/mol. The lowest BCUT2D eigenvalue weighted by molar-refractivity contribution is -0.116. The molecule has 0 amide bonds. The van der Waals surface area contributed by atoms with Gasteiger partial charge in [0.15, 0.2) is 5.78 Å². The van der Waals surface area contributed by atoms with Gasteiger partial charge in [0.1, 0.15) is 0 Å². The van der Waals surface area contributed by atoms with Crippen LogP contribution < -0.4 is 5.43 Å². The van der Waals surface area contributed by atoms with Gasteiger partial charge in [0.2, 0.25) is 0 Å². The fraction of sp³-hybridized carbons (Fsp3) is 0.400. The Morgan fingerprint density at radius 1 is 2.00 bits per heavy atom. The largest absolute Gasteiger partial charge is 0.298 e. The van der Waals surface area contributed by atoms with Crippen LogP contribution in [-0.4, -0.2) is 18.2 Å². The van der Waals surface area contributed by atoms with Crippen molar-refractivity contribution in [1.29, 1.82) is 0 Å². The molecule has 44 valence electrons.